The monoisotopic (exact) mass is 427 g/mol. The zero-order valence-electron chi connectivity index (χ0n) is 19.1. The molecule has 4 rings (SSSR count). The summed E-state index contributed by atoms with van der Waals surface area (Å²) in [5.74, 6) is -0.598. The zero-order valence-corrected chi connectivity index (χ0v) is 19.1. The number of benzene rings is 3. The molecule has 1 unspecified atom stereocenters. The van der Waals surface area contributed by atoms with Crippen LogP contribution in [0.5, 0.6) is 0 Å². The van der Waals surface area contributed by atoms with Crippen LogP contribution in [0.2, 0.25) is 0 Å². The van der Waals surface area contributed by atoms with E-state index in [4.69, 9.17) is 4.74 Å². The van der Waals surface area contributed by atoms with Gasteiger partial charge in [0.1, 0.15) is 5.60 Å². The van der Waals surface area contributed by atoms with E-state index in [1.807, 2.05) is 76.2 Å². The van der Waals surface area contributed by atoms with E-state index in [-0.39, 0.29) is 17.8 Å². The number of carbonyl (C=O) groups is 2. The molecule has 4 heteroatoms. The highest BCUT2D eigenvalue weighted by Gasteiger charge is 2.29. The van der Waals surface area contributed by atoms with Crippen molar-refractivity contribution in [2.75, 3.05) is 4.90 Å². The third-order valence-electron chi connectivity index (χ3n) is 5.69. The van der Waals surface area contributed by atoms with Crippen molar-refractivity contribution in [3.63, 3.8) is 0 Å². The van der Waals surface area contributed by atoms with E-state index in [9.17, 15) is 9.59 Å². The van der Waals surface area contributed by atoms with Crippen LogP contribution in [-0.4, -0.2) is 17.5 Å². The molecule has 1 atom stereocenters. The molecule has 0 spiro atoms. The number of nitrogens with zero attached hydrogens (tertiary/aromatic N) is 1. The van der Waals surface area contributed by atoms with Gasteiger partial charge in [-0.05, 0) is 74.6 Å². The minimum atomic E-state index is -0.515. The normalized spacial score (nSPS) is 14.2. The predicted molar refractivity (Wildman–Crippen MR) is 127 cm³/mol. The molecule has 4 nitrogen and oxygen atoms in total. The minimum absolute atomic E-state index is 0.0165. The maximum absolute atomic E-state index is 13.1. The Morgan fingerprint density at radius 3 is 2.31 bits per heavy atom. The Kier molecular flexibility index (Phi) is 5.88. The molecule has 164 valence electrons. The van der Waals surface area contributed by atoms with Gasteiger partial charge in [0.15, 0.2) is 0 Å². The summed E-state index contributed by atoms with van der Waals surface area (Å²) in [7, 11) is 0. The van der Waals surface area contributed by atoms with Gasteiger partial charge in [0.2, 0.25) is 0 Å². The largest absolute Gasteiger partial charge is 0.460 e. The van der Waals surface area contributed by atoms with Crippen LogP contribution in [0.25, 0.3) is 0 Å². The van der Waals surface area contributed by atoms with Crippen molar-refractivity contribution in [3.8, 4) is 0 Å². The van der Waals surface area contributed by atoms with Crippen molar-refractivity contribution in [1.29, 1.82) is 0 Å². The quantitative estimate of drug-likeness (QED) is 0.478. The van der Waals surface area contributed by atoms with Gasteiger partial charge < -0.3 is 9.64 Å². The second kappa shape index (κ2) is 8.62. The van der Waals surface area contributed by atoms with Gasteiger partial charge in [0.25, 0.3) is 5.91 Å². The lowest BCUT2D eigenvalue weighted by atomic mass is 10.0. The summed E-state index contributed by atoms with van der Waals surface area (Å²) in [6.07, 6.45) is 0.804. The van der Waals surface area contributed by atoms with Crippen LogP contribution < -0.4 is 4.90 Å². The number of hydrogen-bond donors (Lipinski definition) is 0. The van der Waals surface area contributed by atoms with E-state index in [0.717, 1.165) is 34.4 Å². The number of amides is 1. The molecule has 0 N–H and O–H groups in total. The van der Waals surface area contributed by atoms with Crippen molar-refractivity contribution in [2.24, 2.45) is 0 Å². The molecule has 1 aliphatic rings. The Hall–Kier alpha value is -3.40. The van der Waals surface area contributed by atoms with Gasteiger partial charge in [0.05, 0.1) is 12.5 Å². The molecular weight excluding hydrogens is 398 g/mol. The van der Waals surface area contributed by atoms with Crippen molar-refractivity contribution < 1.29 is 14.3 Å². The summed E-state index contributed by atoms with van der Waals surface area (Å²) in [5, 5.41) is 0. The fraction of sp³-hybridized carbons (Fsp3) is 0.286. The van der Waals surface area contributed by atoms with Crippen LogP contribution in [-0.2, 0) is 22.5 Å². The summed E-state index contributed by atoms with van der Waals surface area (Å²) in [6, 6.07) is 24.1. The summed E-state index contributed by atoms with van der Waals surface area (Å²) in [5.41, 5.74) is 5.35. The lowest BCUT2D eigenvalue weighted by Gasteiger charge is -2.23. The van der Waals surface area contributed by atoms with Crippen LogP contribution in [0.3, 0.4) is 0 Å². The van der Waals surface area contributed by atoms with Gasteiger partial charge >= 0.3 is 5.97 Å². The number of anilines is 1. The third kappa shape index (κ3) is 4.75. The third-order valence-corrected chi connectivity index (χ3v) is 5.69. The summed E-state index contributed by atoms with van der Waals surface area (Å²) < 4.78 is 5.49. The Morgan fingerprint density at radius 1 is 0.969 bits per heavy atom. The van der Waals surface area contributed by atoms with Gasteiger partial charge in [0, 0.05) is 11.3 Å². The first kappa shape index (κ1) is 21.8. The molecule has 0 fully saturated rings. The first-order valence-corrected chi connectivity index (χ1v) is 11.0. The Bertz CT molecular complexity index is 1130. The molecule has 0 aromatic heterocycles. The van der Waals surface area contributed by atoms with E-state index in [2.05, 4.69) is 24.3 Å². The van der Waals surface area contributed by atoms with Crippen LogP contribution >= 0.6 is 0 Å². The van der Waals surface area contributed by atoms with Gasteiger partial charge in [-0.2, -0.15) is 0 Å². The smallest absolute Gasteiger partial charge is 0.313 e. The molecule has 0 radical (unpaired) electrons. The van der Waals surface area contributed by atoms with Gasteiger partial charge in [-0.1, -0.05) is 54.6 Å². The fourth-order valence-electron chi connectivity index (χ4n) is 3.97. The van der Waals surface area contributed by atoms with E-state index in [1.54, 1.807) is 4.90 Å². The van der Waals surface area contributed by atoms with E-state index in [1.165, 1.54) is 5.56 Å². The number of hydrogen-bond acceptors (Lipinski definition) is 3. The van der Waals surface area contributed by atoms with Gasteiger partial charge in [-0.15, -0.1) is 0 Å². The molecule has 0 aliphatic carbocycles. The van der Waals surface area contributed by atoms with Gasteiger partial charge in [-0.25, -0.2) is 0 Å². The first-order valence-electron chi connectivity index (χ1n) is 11.0. The number of fused-ring (bicyclic) bond motifs is 1. The lowest BCUT2D eigenvalue weighted by Crippen LogP contribution is -2.27. The lowest BCUT2D eigenvalue weighted by molar-refractivity contribution is -0.156. The second-order valence-corrected chi connectivity index (χ2v) is 9.39. The van der Waals surface area contributed by atoms with E-state index in [0.29, 0.717) is 6.54 Å². The predicted octanol–water partition coefficient (Wildman–Crippen LogP) is 5.88. The van der Waals surface area contributed by atoms with E-state index < -0.39 is 5.60 Å². The van der Waals surface area contributed by atoms with Crippen LogP contribution in [0.1, 0.15) is 66.2 Å². The Balaban J connectivity index is 1.48. The Labute approximate surface area is 189 Å². The number of carbonyl (C=O) groups excluding carboxylic acids is 2. The molecule has 3 aromatic carbocycles. The number of rotatable bonds is 5. The maximum atomic E-state index is 13.1. The summed E-state index contributed by atoms with van der Waals surface area (Å²) in [6.45, 7) is 7.99. The fourth-order valence-corrected chi connectivity index (χ4v) is 3.97. The van der Waals surface area contributed by atoms with Crippen molar-refractivity contribution in [1.82, 2.24) is 0 Å². The first-order chi connectivity index (χ1) is 15.2. The van der Waals surface area contributed by atoms with Crippen LogP contribution in [0.4, 0.5) is 5.69 Å². The molecule has 1 aliphatic heterocycles. The Morgan fingerprint density at radius 2 is 1.66 bits per heavy atom. The molecule has 1 amide bonds. The molecule has 0 bridgehead atoms. The average Bonchev–Trinajstić information content (AvgIpc) is 3.09. The van der Waals surface area contributed by atoms with E-state index >= 15 is 0 Å². The summed E-state index contributed by atoms with van der Waals surface area (Å²) in [4.78, 5) is 27.3. The van der Waals surface area contributed by atoms with Crippen molar-refractivity contribution >= 4 is 17.6 Å². The molecular formula is C28H29NO3. The molecule has 0 saturated carbocycles. The number of ether oxygens (including phenoxy) is 1. The van der Waals surface area contributed by atoms with Crippen molar-refractivity contribution in [2.45, 2.75) is 52.2 Å². The zero-order chi connectivity index (χ0) is 22.9. The molecule has 1 heterocycles. The highest BCUT2D eigenvalue weighted by Crippen LogP contribution is 2.31. The van der Waals surface area contributed by atoms with Crippen LogP contribution in [0.15, 0.2) is 72.8 Å². The molecule has 3 aromatic rings. The molecule has 32 heavy (non-hydrogen) atoms. The van der Waals surface area contributed by atoms with Crippen LogP contribution in [0, 0.1) is 0 Å². The van der Waals surface area contributed by atoms with Gasteiger partial charge in [-0.3, -0.25) is 9.59 Å². The highest BCUT2D eigenvalue weighted by molar-refractivity contribution is 6.10. The summed E-state index contributed by atoms with van der Waals surface area (Å²) >= 11 is 0. The highest BCUT2D eigenvalue weighted by atomic mass is 16.6. The second-order valence-electron chi connectivity index (χ2n) is 9.39. The number of esters is 1. The average molecular weight is 428 g/mol. The molecule has 0 saturated heterocycles. The van der Waals surface area contributed by atoms with Crippen molar-refractivity contribution in [3.05, 3.63) is 101 Å². The standard InChI is InChI=1S/C28H29NO3/c1-19(27(31)32-28(2,3)4)22-12-14-24(15-13-22)29-18-23-11-10-21(17-25(23)26(29)30)16-20-8-6-5-7-9-20/h5-15,17,19H,16,18H2,1-4H3. The topological polar surface area (TPSA) is 46.6 Å². The SMILES string of the molecule is CC(C(=O)OC(C)(C)C)c1ccc(N2Cc3ccc(Cc4ccccc4)cc3C2=O)cc1. The maximum Gasteiger partial charge on any atom is 0.313 e. The minimum Gasteiger partial charge on any atom is -0.460 e.